The van der Waals surface area contributed by atoms with Crippen LogP contribution in [0.3, 0.4) is 0 Å². The van der Waals surface area contributed by atoms with Crippen molar-refractivity contribution in [3.05, 3.63) is 0 Å². The molecule has 0 aromatic rings. The molecule has 0 radical (unpaired) electrons. The van der Waals surface area contributed by atoms with Crippen molar-refractivity contribution in [2.45, 2.75) is 53.4 Å². The van der Waals surface area contributed by atoms with Gasteiger partial charge >= 0.3 is 5.97 Å². The molecule has 0 bridgehead atoms. The van der Waals surface area contributed by atoms with E-state index < -0.39 is 11.4 Å². The average molecular weight is 229 g/mol. The average Bonchev–Trinajstić information content (AvgIpc) is 2.23. The van der Waals surface area contributed by atoms with E-state index >= 15 is 0 Å². The van der Waals surface area contributed by atoms with Gasteiger partial charge in [0.15, 0.2) is 0 Å². The highest BCUT2D eigenvalue weighted by molar-refractivity contribution is 5.75. The van der Waals surface area contributed by atoms with E-state index in [4.69, 9.17) is 5.73 Å². The van der Waals surface area contributed by atoms with Crippen molar-refractivity contribution in [2.24, 2.45) is 23.0 Å². The Morgan fingerprint density at radius 2 is 1.75 bits per heavy atom. The van der Waals surface area contributed by atoms with E-state index in [1.165, 1.54) is 0 Å². The lowest BCUT2D eigenvalue weighted by Crippen LogP contribution is -2.41. The summed E-state index contributed by atoms with van der Waals surface area (Å²) >= 11 is 0. The Hall–Kier alpha value is -0.570. The van der Waals surface area contributed by atoms with Gasteiger partial charge in [0.25, 0.3) is 0 Å². The summed E-state index contributed by atoms with van der Waals surface area (Å²) in [5.74, 6) is 0.114. The molecular weight excluding hydrogens is 202 g/mol. The molecule has 0 aliphatic heterocycles. The molecular formula is C13H27NO2. The first kappa shape index (κ1) is 15.4. The fraction of sp³-hybridized carbons (Fsp3) is 0.923. The summed E-state index contributed by atoms with van der Waals surface area (Å²) in [5, 5.41) is 9.43. The van der Waals surface area contributed by atoms with Crippen LogP contribution in [0.2, 0.25) is 0 Å². The third-order valence-electron chi connectivity index (χ3n) is 3.48. The Kier molecular flexibility index (Phi) is 6.65. The Morgan fingerprint density at radius 3 is 2.00 bits per heavy atom. The van der Waals surface area contributed by atoms with Crippen LogP contribution in [0.5, 0.6) is 0 Å². The Morgan fingerprint density at radius 1 is 1.25 bits per heavy atom. The van der Waals surface area contributed by atoms with Crippen LogP contribution in [0.1, 0.15) is 53.4 Å². The molecule has 3 nitrogen and oxygen atoms in total. The SMILES string of the molecule is CCC(CC)CC(CN)(CC(C)C)C(=O)O. The number of aliphatic carboxylic acids is 1. The van der Waals surface area contributed by atoms with Crippen LogP contribution in [0.15, 0.2) is 0 Å². The smallest absolute Gasteiger partial charge is 0.310 e. The molecule has 0 amide bonds. The molecule has 3 heteroatoms. The summed E-state index contributed by atoms with van der Waals surface area (Å²) in [6, 6.07) is 0. The minimum atomic E-state index is -0.726. The Balaban J connectivity index is 4.82. The van der Waals surface area contributed by atoms with E-state index in [9.17, 15) is 9.90 Å². The summed E-state index contributed by atoms with van der Waals surface area (Å²) in [5.41, 5.74) is 5.02. The van der Waals surface area contributed by atoms with Gasteiger partial charge < -0.3 is 10.8 Å². The van der Waals surface area contributed by atoms with Crippen molar-refractivity contribution in [1.29, 1.82) is 0 Å². The third kappa shape index (κ3) is 4.12. The summed E-state index contributed by atoms with van der Waals surface area (Å²) in [6.07, 6.45) is 3.45. The van der Waals surface area contributed by atoms with Crippen molar-refractivity contribution in [3.63, 3.8) is 0 Å². The number of hydrogen-bond donors (Lipinski definition) is 2. The highest BCUT2D eigenvalue weighted by atomic mass is 16.4. The fourth-order valence-electron chi connectivity index (χ4n) is 2.42. The van der Waals surface area contributed by atoms with Crippen molar-refractivity contribution < 1.29 is 9.90 Å². The maximum absolute atomic E-state index is 11.5. The van der Waals surface area contributed by atoms with Gasteiger partial charge in [0, 0.05) is 6.54 Å². The largest absolute Gasteiger partial charge is 0.481 e. The molecule has 0 aromatic carbocycles. The lowest BCUT2D eigenvalue weighted by Gasteiger charge is -2.32. The van der Waals surface area contributed by atoms with Gasteiger partial charge in [-0.2, -0.15) is 0 Å². The standard InChI is InChI=1S/C13H27NO2/c1-5-11(6-2)8-13(9-14,12(15)16)7-10(3)4/h10-11H,5-9,14H2,1-4H3,(H,15,16). The van der Waals surface area contributed by atoms with Crippen molar-refractivity contribution in [1.82, 2.24) is 0 Å². The minimum Gasteiger partial charge on any atom is -0.481 e. The van der Waals surface area contributed by atoms with E-state index in [0.29, 0.717) is 24.7 Å². The molecule has 0 aromatic heterocycles. The Bertz CT molecular complexity index is 212. The maximum atomic E-state index is 11.5. The number of carbonyl (C=O) groups is 1. The van der Waals surface area contributed by atoms with Gasteiger partial charge in [-0.25, -0.2) is 0 Å². The maximum Gasteiger partial charge on any atom is 0.310 e. The monoisotopic (exact) mass is 229 g/mol. The first-order valence-electron chi connectivity index (χ1n) is 6.35. The van der Waals surface area contributed by atoms with Crippen LogP contribution in [0, 0.1) is 17.3 Å². The predicted octanol–water partition coefficient (Wildman–Crippen LogP) is 2.89. The zero-order chi connectivity index (χ0) is 12.8. The van der Waals surface area contributed by atoms with Crippen molar-refractivity contribution in [3.8, 4) is 0 Å². The summed E-state index contributed by atoms with van der Waals surface area (Å²) in [4.78, 5) is 11.5. The van der Waals surface area contributed by atoms with Gasteiger partial charge in [-0.05, 0) is 24.7 Å². The van der Waals surface area contributed by atoms with E-state index in [1.807, 2.05) is 0 Å². The predicted molar refractivity (Wildman–Crippen MR) is 67.3 cm³/mol. The first-order chi connectivity index (χ1) is 7.41. The third-order valence-corrected chi connectivity index (χ3v) is 3.48. The molecule has 0 aliphatic carbocycles. The van der Waals surface area contributed by atoms with Crippen molar-refractivity contribution in [2.75, 3.05) is 6.54 Å². The van der Waals surface area contributed by atoms with Gasteiger partial charge in [0.05, 0.1) is 5.41 Å². The van der Waals surface area contributed by atoms with Crippen LogP contribution in [0.4, 0.5) is 0 Å². The lowest BCUT2D eigenvalue weighted by atomic mass is 9.72. The number of nitrogens with two attached hydrogens (primary N) is 1. The lowest BCUT2D eigenvalue weighted by molar-refractivity contribution is -0.150. The summed E-state index contributed by atoms with van der Waals surface area (Å²) in [7, 11) is 0. The second kappa shape index (κ2) is 6.89. The molecule has 16 heavy (non-hydrogen) atoms. The van der Waals surface area contributed by atoms with E-state index in [1.54, 1.807) is 0 Å². The molecule has 3 N–H and O–H groups in total. The number of rotatable bonds is 8. The van der Waals surface area contributed by atoms with Gasteiger partial charge in [-0.15, -0.1) is 0 Å². The second-order valence-electron chi connectivity index (χ2n) is 5.27. The van der Waals surface area contributed by atoms with Crippen molar-refractivity contribution >= 4 is 5.97 Å². The van der Waals surface area contributed by atoms with Crippen LogP contribution in [0.25, 0.3) is 0 Å². The molecule has 0 spiro atoms. The molecule has 0 fully saturated rings. The molecule has 0 aliphatic rings. The molecule has 0 saturated carbocycles. The van der Waals surface area contributed by atoms with Crippen LogP contribution in [-0.2, 0) is 4.79 Å². The number of carboxylic acid groups (broad SMARTS) is 1. The van der Waals surface area contributed by atoms with Crippen LogP contribution < -0.4 is 5.73 Å². The van der Waals surface area contributed by atoms with Gasteiger partial charge in [0.1, 0.15) is 0 Å². The second-order valence-corrected chi connectivity index (χ2v) is 5.27. The molecule has 1 atom stereocenters. The van der Waals surface area contributed by atoms with Crippen LogP contribution in [-0.4, -0.2) is 17.6 Å². The molecule has 0 heterocycles. The Labute approximate surface area is 99.4 Å². The zero-order valence-corrected chi connectivity index (χ0v) is 11.1. The molecule has 0 saturated heterocycles. The first-order valence-corrected chi connectivity index (χ1v) is 6.35. The van der Waals surface area contributed by atoms with Crippen LogP contribution >= 0.6 is 0 Å². The van der Waals surface area contributed by atoms with E-state index in [-0.39, 0.29) is 6.54 Å². The normalized spacial score (nSPS) is 15.4. The highest BCUT2D eigenvalue weighted by Crippen LogP contribution is 2.35. The van der Waals surface area contributed by atoms with E-state index in [0.717, 1.165) is 12.8 Å². The summed E-state index contributed by atoms with van der Waals surface area (Å²) < 4.78 is 0. The number of hydrogen-bond acceptors (Lipinski definition) is 2. The molecule has 1 unspecified atom stereocenters. The van der Waals surface area contributed by atoms with E-state index in [2.05, 4.69) is 27.7 Å². The minimum absolute atomic E-state index is 0.247. The summed E-state index contributed by atoms with van der Waals surface area (Å²) in [6.45, 7) is 8.59. The van der Waals surface area contributed by atoms with Gasteiger partial charge in [-0.1, -0.05) is 40.5 Å². The quantitative estimate of drug-likeness (QED) is 0.672. The molecule has 96 valence electrons. The molecule has 0 rings (SSSR count). The van der Waals surface area contributed by atoms with Gasteiger partial charge in [0.2, 0.25) is 0 Å². The fourth-order valence-corrected chi connectivity index (χ4v) is 2.42. The van der Waals surface area contributed by atoms with Gasteiger partial charge in [-0.3, -0.25) is 4.79 Å². The topological polar surface area (TPSA) is 63.3 Å². The highest BCUT2D eigenvalue weighted by Gasteiger charge is 2.39. The number of carboxylic acids is 1. The zero-order valence-electron chi connectivity index (χ0n) is 11.1.